The van der Waals surface area contributed by atoms with Gasteiger partial charge < -0.3 is 11.1 Å². The Kier molecular flexibility index (Phi) is 7.67. The maximum atomic E-state index is 12.6. The van der Waals surface area contributed by atoms with Crippen molar-refractivity contribution in [3.63, 3.8) is 0 Å². The van der Waals surface area contributed by atoms with E-state index in [1.807, 2.05) is 37.3 Å². The molecule has 0 bridgehead atoms. The molecule has 1 fully saturated rings. The van der Waals surface area contributed by atoms with Crippen molar-refractivity contribution in [2.45, 2.75) is 50.6 Å². The van der Waals surface area contributed by atoms with Crippen LogP contribution in [0.15, 0.2) is 60.7 Å². The standard InChI is InChI=1S/C22H28N2O.ClH/c1-16(21(23)19-10-6-3-7-11-19)22(25)24-20-14-12-18(13-15-20)17-8-4-2-5-9-17;/h2-11,16,18,20-21H,12-15,23H2,1H3,(H,24,25);1H. The molecule has 1 aliphatic carbocycles. The van der Waals surface area contributed by atoms with Crippen LogP contribution < -0.4 is 11.1 Å². The number of carbonyl (C=O) groups is 1. The first-order chi connectivity index (χ1) is 12.1. The molecule has 2 aromatic carbocycles. The molecule has 0 heterocycles. The topological polar surface area (TPSA) is 55.1 Å². The van der Waals surface area contributed by atoms with Crippen LogP contribution in [0.1, 0.15) is 55.7 Å². The SMILES string of the molecule is CC(C(=O)NC1CCC(c2ccccc2)CC1)C(N)c1ccccc1.Cl. The Balaban J connectivity index is 0.00000243. The van der Waals surface area contributed by atoms with Crippen molar-refractivity contribution in [3.8, 4) is 0 Å². The molecule has 3 N–H and O–H groups in total. The van der Waals surface area contributed by atoms with Crippen LogP contribution in [0, 0.1) is 5.92 Å². The molecule has 0 radical (unpaired) electrons. The van der Waals surface area contributed by atoms with Crippen molar-refractivity contribution >= 4 is 18.3 Å². The second-order valence-electron chi connectivity index (χ2n) is 7.19. The lowest BCUT2D eigenvalue weighted by atomic mass is 9.81. The van der Waals surface area contributed by atoms with E-state index in [1.54, 1.807) is 0 Å². The first-order valence-corrected chi connectivity index (χ1v) is 9.31. The van der Waals surface area contributed by atoms with Crippen LogP contribution in [0.4, 0.5) is 0 Å². The van der Waals surface area contributed by atoms with Gasteiger partial charge in [0, 0.05) is 12.1 Å². The molecular weight excluding hydrogens is 344 g/mol. The summed E-state index contributed by atoms with van der Waals surface area (Å²) in [5.74, 6) is 0.465. The first-order valence-electron chi connectivity index (χ1n) is 9.31. The lowest BCUT2D eigenvalue weighted by Crippen LogP contribution is -2.42. The summed E-state index contributed by atoms with van der Waals surface area (Å²) >= 11 is 0. The van der Waals surface area contributed by atoms with E-state index < -0.39 is 0 Å². The highest BCUT2D eigenvalue weighted by Gasteiger charge is 2.27. The molecule has 0 saturated heterocycles. The number of nitrogens with one attached hydrogen (secondary N) is 1. The number of nitrogens with two attached hydrogens (primary N) is 1. The fourth-order valence-corrected chi connectivity index (χ4v) is 3.76. The predicted molar refractivity (Wildman–Crippen MR) is 109 cm³/mol. The molecule has 1 aliphatic rings. The van der Waals surface area contributed by atoms with E-state index in [0.29, 0.717) is 5.92 Å². The van der Waals surface area contributed by atoms with Crippen LogP contribution in [-0.4, -0.2) is 11.9 Å². The number of rotatable bonds is 5. The third-order valence-corrected chi connectivity index (χ3v) is 5.48. The lowest BCUT2D eigenvalue weighted by Gasteiger charge is -2.31. The minimum Gasteiger partial charge on any atom is -0.353 e. The Morgan fingerprint density at radius 3 is 2.08 bits per heavy atom. The number of hydrogen-bond acceptors (Lipinski definition) is 2. The monoisotopic (exact) mass is 372 g/mol. The van der Waals surface area contributed by atoms with Gasteiger partial charge in [0.2, 0.25) is 5.91 Å². The van der Waals surface area contributed by atoms with Gasteiger partial charge in [0.25, 0.3) is 0 Å². The summed E-state index contributed by atoms with van der Waals surface area (Å²) in [5, 5.41) is 3.22. The van der Waals surface area contributed by atoms with Crippen LogP contribution in [-0.2, 0) is 4.79 Å². The van der Waals surface area contributed by atoms with E-state index >= 15 is 0 Å². The molecule has 2 unspecified atom stereocenters. The molecule has 0 aliphatic heterocycles. The number of hydrogen-bond donors (Lipinski definition) is 2. The molecule has 3 nitrogen and oxygen atoms in total. The van der Waals surface area contributed by atoms with Gasteiger partial charge >= 0.3 is 0 Å². The molecule has 26 heavy (non-hydrogen) atoms. The van der Waals surface area contributed by atoms with Gasteiger partial charge in [-0.05, 0) is 42.7 Å². The van der Waals surface area contributed by atoms with Gasteiger partial charge in [-0.2, -0.15) is 0 Å². The molecule has 4 heteroatoms. The van der Waals surface area contributed by atoms with Crippen molar-refractivity contribution in [1.29, 1.82) is 0 Å². The second-order valence-corrected chi connectivity index (χ2v) is 7.19. The van der Waals surface area contributed by atoms with Gasteiger partial charge in [-0.15, -0.1) is 12.4 Å². The van der Waals surface area contributed by atoms with Crippen molar-refractivity contribution in [1.82, 2.24) is 5.32 Å². The highest BCUT2D eigenvalue weighted by Crippen LogP contribution is 2.33. The van der Waals surface area contributed by atoms with E-state index in [2.05, 4.69) is 35.6 Å². The minimum absolute atomic E-state index is 0. The minimum atomic E-state index is -0.262. The molecule has 3 rings (SSSR count). The van der Waals surface area contributed by atoms with E-state index in [1.165, 1.54) is 5.56 Å². The summed E-state index contributed by atoms with van der Waals surface area (Å²) in [7, 11) is 0. The zero-order valence-electron chi connectivity index (χ0n) is 15.3. The highest BCUT2D eigenvalue weighted by molar-refractivity contribution is 5.85. The zero-order valence-corrected chi connectivity index (χ0v) is 16.1. The van der Waals surface area contributed by atoms with Crippen LogP contribution in [0.5, 0.6) is 0 Å². The second kappa shape index (κ2) is 9.75. The summed E-state index contributed by atoms with van der Waals surface area (Å²) in [5.41, 5.74) is 8.72. The van der Waals surface area contributed by atoms with Gasteiger partial charge in [0.15, 0.2) is 0 Å². The average Bonchev–Trinajstić information content (AvgIpc) is 2.68. The summed E-state index contributed by atoms with van der Waals surface area (Å²) in [4.78, 5) is 12.6. The maximum absolute atomic E-state index is 12.6. The van der Waals surface area contributed by atoms with Crippen LogP contribution in [0.25, 0.3) is 0 Å². The molecule has 1 saturated carbocycles. The molecule has 2 aromatic rings. The Labute approximate surface area is 162 Å². The Hall–Kier alpha value is -1.84. The van der Waals surface area contributed by atoms with Gasteiger partial charge in [-0.1, -0.05) is 67.6 Å². The molecule has 0 aromatic heterocycles. The van der Waals surface area contributed by atoms with Gasteiger partial charge in [-0.3, -0.25) is 4.79 Å². The van der Waals surface area contributed by atoms with E-state index in [0.717, 1.165) is 31.2 Å². The van der Waals surface area contributed by atoms with Crippen molar-refractivity contribution in [2.75, 3.05) is 0 Å². The molecule has 2 atom stereocenters. The number of halogens is 1. The van der Waals surface area contributed by atoms with Gasteiger partial charge in [0.05, 0.1) is 5.92 Å². The van der Waals surface area contributed by atoms with Crippen LogP contribution in [0.3, 0.4) is 0 Å². The predicted octanol–water partition coefficient (Wildman–Crippen LogP) is 4.59. The van der Waals surface area contributed by atoms with E-state index in [9.17, 15) is 4.79 Å². The smallest absolute Gasteiger partial charge is 0.224 e. The van der Waals surface area contributed by atoms with Gasteiger partial charge in [0.1, 0.15) is 0 Å². The summed E-state index contributed by atoms with van der Waals surface area (Å²) in [6.07, 6.45) is 4.35. The molecule has 1 amide bonds. The first kappa shape index (κ1) is 20.5. The molecular formula is C22H29ClN2O. The Morgan fingerprint density at radius 1 is 0.962 bits per heavy atom. The molecule has 0 spiro atoms. The maximum Gasteiger partial charge on any atom is 0.224 e. The van der Waals surface area contributed by atoms with E-state index in [-0.39, 0.29) is 36.3 Å². The fourth-order valence-electron chi connectivity index (χ4n) is 3.76. The van der Waals surface area contributed by atoms with E-state index in [4.69, 9.17) is 5.73 Å². The largest absolute Gasteiger partial charge is 0.353 e. The van der Waals surface area contributed by atoms with Crippen molar-refractivity contribution in [3.05, 3.63) is 71.8 Å². The average molecular weight is 373 g/mol. The quantitative estimate of drug-likeness (QED) is 0.806. The number of amides is 1. The summed E-state index contributed by atoms with van der Waals surface area (Å²) in [6.45, 7) is 1.92. The fraction of sp³-hybridized carbons (Fsp3) is 0.409. The Morgan fingerprint density at radius 2 is 1.50 bits per heavy atom. The van der Waals surface area contributed by atoms with Crippen molar-refractivity contribution < 1.29 is 4.79 Å². The third kappa shape index (κ3) is 5.09. The summed E-state index contributed by atoms with van der Waals surface area (Å²) in [6, 6.07) is 20.6. The highest BCUT2D eigenvalue weighted by atomic mass is 35.5. The Bertz CT molecular complexity index is 669. The summed E-state index contributed by atoms with van der Waals surface area (Å²) < 4.78 is 0. The number of benzene rings is 2. The number of carbonyl (C=O) groups excluding carboxylic acids is 1. The van der Waals surface area contributed by atoms with Crippen molar-refractivity contribution in [2.24, 2.45) is 11.7 Å². The lowest BCUT2D eigenvalue weighted by molar-refractivity contribution is -0.126. The zero-order chi connectivity index (χ0) is 17.6. The normalized spacial score (nSPS) is 21.9. The van der Waals surface area contributed by atoms with Crippen LogP contribution >= 0.6 is 12.4 Å². The molecule has 140 valence electrons. The van der Waals surface area contributed by atoms with Gasteiger partial charge in [-0.25, -0.2) is 0 Å². The van der Waals surface area contributed by atoms with Crippen LogP contribution in [0.2, 0.25) is 0 Å². The third-order valence-electron chi connectivity index (χ3n) is 5.48.